The number of benzene rings is 1. The van der Waals surface area contributed by atoms with Gasteiger partial charge in [-0.2, -0.15) is 0 Å². The number of thiazole rings is 1. The summed E-state index contributed by atoms with van der Waals surface area (Å²) in [5.74, 6) is 0.557. The summed E-state index contributed by atoms with van der Waals surface area (Å²) in [5, 5.41) is 14.1. The van der Waals surface area contributed by atoms with E-state index in [1.807, 2.05) is 0 Å². The van der Waals surface area contributed by atoms with Gasteiger partial charge in [0.05, 0.1) is 25.9 Å². The molecule has 1 N–H and O–H groups in total. The maximum Gasteiger partial charge on any atom is 0.271 e. The first-order valence-corrected chi connectivity index (χ1v) is 8.94. The molecule has 0 radical (unpaired) electrons. The van der Waals surface area contributed by atoms with E-state index in [2.05, 4.69) is 10.3 Å². The number of hydrogen-bond donors (Lipinski definition) is 1. The Morgan fingerprint density at radius 3 is 3.05 bits per heavy atom. The topological polar surface area (TPSA) is 85.1 Å². The molecule has 1 aromatic heterocycles. The average molecular weight is 325 g/mol. The molecule has 0 amide bonds. The van der Waals surface area contributed by atoms with Crippen molar-refractivity contribution in [2.75, 3.05) is 12.3 Å². The van der Waals surface area contributed by atoms with E-state index < -0.39 is 15.7 Å². The van der Waals surface area contributed by atoms with Crippen LogP contribution in [0.15, 0.2) is 22.5 Å². The largest absolute Gasteiger partial charge is 0.313 e. The summed E-state index contributed by atoms with van der Waals surface area (Å²) >= 11 is 1.35. The average Bonchev–Trinajstić information content (AvgIpc) is 2.91. The number of hydrogen-bond acceptors (Lipinski definition) is 6. The normalized spacial score (nSPS) is 20.5. The van der Waals surface area contributed by atoms with Crippen molar-refractivity contribution in [3.05, 3.63) is 28.3 Å². The zero-order valence-corrected chi connectivity index (χ0v) is 12.9. The Balaban J connectivity index is 1.79. The van der Waals surface area contributed by atoms with Crippen LogP contribution in [-0.2, 0) is 10.8 Å². The van der Waals surface area contributed by atoms with Gasteiger partial charge in [-0.25, -0.2) is 4.98 Å². The minimum Gasteiger partial charge on any atom is -0.313 e. The van der Waals surface area contributed by atoms with Gasteiger partial charge >= 0.3 is 0 Å². The van der Waals surface area contributed by atoms with Crippen LogP contribution in [0.4, 0.5) is 5.69 Å². The van der Waals surface area contributed by atoms with Crippen LogP contribution in [-0.4, -0.2) is 32.5 Å². The van der Waals surface area contributed by atoms with E-state index >= 15 is 0 Å². The summed E-state index contributed by atoms with van der Waals surface area (Å²) in [4.78, 5) is 14.6. The van der Waals surface area contributed by atoms with Crippen molar-refractivity contribution in [2.45, 2.75) is 29.6 Å². The maximum absolute atomic E-state index is 12.4. The van der Waals surface area contributed by atoms with Gasteiger partial charge in [0.15, 0.2) is 4.34 Å². The number of nitro groups is 1. The van der Waals surface area contributed by atoms with Crippen molar-refractivity contribution >= 4 is 38.0 Å². The van der Waals surface area contributed by atoms with Gasteiger partial charge in [0.1, 0.15) is 0 Å². The molecule has 1 saturated heterocycles. The molecule has 1 aliphatic rings. The van der Waals surface area contributed by atoms with Crippen molar-refractivity contribution in [1.82, 2.24) is 10.3 Å². The highest BCUT2D eigenvalue weighted by molar-refractivity contribution is 7.87. The monoisotopic (exact) mass is 325 g/mol. The van der Waals surface area contributed by atoms with Crippen LogP contribution in [0.1, 0.15) is 19.3 Å². The molecule has 2 heterocycles. The highest BCUT2D eigenvalue weighted by atomic mass is 32.2. The summed E-state index contributed by atoms with van der Waals surface area (Å²) in [5.41, 5.74) is 0.563. The standard InChI is InChI=1S/C13H15N3O3S2/c17-16(18)10-4-5-12-11(7-10)15-13(20-12)21(19)8-9-3-1-2-6-14-9/h4-5,7,9,14H,1-3,6,8H2/t9-,21+/m1/s1. The van der Waals surface area contributed by atoms with Gasteiger partial charge in [-0.1, -0.05) is 6.42 Å². The van der Waals surface area contributed by atoms with Crippen molar-refractivity contribution in [3.63, 3.8) is 0 Å². The predicted octanol–water partition coefficient (Wildman–Crippen LogP) is 2.45. The quantitative estimate of drug-likeness (QED) is 0.689. The molecule has 2 aromatic rings. The molecule has 0 saturated carbocycles. The molecule has 0 unspecified atom stereocenters. The molecule has 0 spiro atoms. The highest BCUT2D eigenvalue weighted by Gasteiger charge is 2.19. The fourth-order valence-corrected chi connectivity index (χ4v) is 4.94. The van der Waals surface area contributed by atoms with Gasteiger partial charge in [-0.15, -0.1) is 11.3 Å². The molecule has 112 valence electrons. The fraction of sp³-hybridized carbons (Fsp3) is 0.462. The third kappa shape index (κ3) is 3.28. The van der Waals surface area contributed by atoms with Crippen LogP contribution in [0.25, 0.3) is 10.2 Å². The number of fused-ring (bicyclic) bond motifs is 1. The number of rotatable bonds is 4. The molecular weight excluding hydrogens is 310 g/mol. The molecule has 1 aliphatic heterocycles. The van der Waals surface area contributed by atoms with E-state index in [1.165, 1.54) is 36.3 Å². The Morgan fingerprint density at radius 2 is 2.33 bits per heavy atom. The zero-order chi connectivity index (χ0) is 14.8. The molecule has 6 nitrogen and oxygen atoms in total. The lowest BCUT2D eigenvalue weighted by atomic mass is 10.1. The molecule has 0 aliphatic carbocycles. The van der Waals surface area contributed by atoms with Crippen molar-refractivity contribution < 1.29 is 9.13 Å². The summed E-state index contributed by atoms with van der Waals surface area (Å²) in [6.07, 6.45) is 3.39. The Kier molecular flexibility index (Phi) is 4.27. The van der Waals surface area contributed by atoms with Crippen LogP contribution in [0, 0.1) is 10.1 Å². The lowest BCUT2D eigenvalue weighted by Crippen LogP contribution is -2.38. The number of piperidine rings is 1. The molecule has 1 fully saturated rings. The lowest BCUT2D eigenvalue weighted by molar-refractivity contribution is -0.384. The third-order valence-electron chi connectivity index (χ3n) is 3.52. The number of nitro benzene ring substituents is 1. The molecule has 0 bridgehead atoms. The van der Waals surface area contributed by atoms with Gasteiger partial charge in [-0.05, 0) is 25.5 Å². The Labute approximate surface area is 128 Å². The summed E-state index contributed by atoms with van der Waals surface area (Å²) in [7, 11) is -1.16. The zero-order valence-electron chi connectivity index (χ0n) is 11.3. The third-order valence-corrected chi connectivity index (χ3v) is 6.35. The second-order valence-electron chi connectivity index (χ2n) is 5.05. The number of nitrogens with one attached hydrogen (secondary N) is 1. The summed E-state index contributed by atoms with van der Waals surface area (Å²) in [6.45, 7) is 0.980. The van der Waals surface area contributed by atoms with E-state index in [4.69, 9.17) is 0 Å². The SMILES string of the molecule is O=[N+]([O-])c1ccc2sc([S@@](=O)C[C@H]3CCCCN3)nc2c1. The van der Waals surface area contributed by atoms with Gasteiger partial charge < -0.3 is 5.32 Å². The number of nitrogens with zero attached hydrogens (tertiary/aromatic N) is 2. The molecular formula is C13H15N3O3S2. The van der Waals surface area contributed by atoms with Crippen LogP contribution in [0.3, 0.4) is 0 Å². The number of non-ortho nitro benzene ring substituents is 1. The highest BCUT2D eigenvalue weighted by Crippen LogP contribution is 2.28. The van der Waals surface area contributed by atoms with Crippen LogP contribution in [0.2, 0.25) is 0 Å². The Bertz CT molecular complexity index is 695. The molecule has 2 atom stereocenters. The molecule has 21 heavy (non-hydrogen) atoms. The van der Waals surface area contributed by atoms with Crippen LogP contribution in [0.5, 0.6) is 0 Å². The molecule has 3 rings (SSSR count). The van der Waals surface area contributed by atoms with E-state index in [1.54, 1.807) is 6.07 Å². The van der Waals surface area contributed by atoms with Crippen LogP contribution >= 0.6 is 11.3 Å². The minimum absolute atomic E-state index is 0.0130. The van der Waals surface area contributed by atoms with Gasteiger partial charge in [0, 0.05) is 23.9 Å². The first kappa shape index (κ1) is 14.6. The molecule has 8 heteroatoms. The van der Waals surface area contributed by atoms with Gasteiger partial charge in [0.25, 0.3) is 5.69 Å². The van der Waals surface area contributed by atoms with Crippen LogP contribution < -0.4 is 5.32 Å². The van der Waals surface area contributed by atoms with Crippen molar-refractivity contribution in [2.24, 2.45) is 0 Å². The summed E-state index contributed by atoms with van der Waals surface area (Å²) in [6, 6.07) is 4.84. The van der Waals surface area contributed by atoms with Crippen molar-refractivity contribution in [1.29, 1.82) is 0 Å². The smallest absolute Gasteiger partial charge is 0.271 e. The van der Waals surface area contributed by atoms with E-state index in [-0.39, 0.29) is 11.7 Å². The number of aromatic nitrogens is 1. The summed E-state index contributed by atoms with van der Waals surface area (Å²) < 4.78 is 13.8. The van der Waals surface area contributed by atoms with E-state index in [9.17, 15) is 14.3 Å². The predicted molar refractivity (Wildman–Crippen MR) is 83.2 cm³/mol. The van der Waals surface area contributed by atoms with E-state index in [0.717, 1.165) is 17.7 Å². The minimum atomic E-state index is -1.16. The first-order valence-electron chi connectivity index (χ1n) is 6.80. The van der Waals surface area contributed by atoms with Gasteiger partial charge in [0.2, 0.25) is 0 Å². The Hall–Kier alpha value is -1.38. The maximum atomic E-state index is 12.4. The molecule has 1 aromatic carbocycles. The van der Waals surface area contributed by atoms with E-state index in [0.29, 0.717) is 15.6 Å². The van der Waals surface area contributed by atoms with Crippen molar-refractivity contribution in [3.8, 4) is 0 Å². The Morgan fingerprint density at radius 1 is 1.48 bits per heavy atom. The fourth-order valence-electron chi connectivity index (χ4n) is 2.43. The second-order valence-corrected chi connectivity index (χ2v) is 7.75. The first-order chi connectivity index (χ1) is 10.1. The lowest BCUT2D eigenvalue weighted by Gasteiger charge is -2.22. The second kappa shape index (κ2) is 6.17. The van der Waals surface area contributed by atoms with Gasteiger partial charge in [-0.3, -0.25) is 14.3 Å².